The van der Waals surface area contributed by atoms with E-state index >= 15 is 0 Å². The molecule has 2 aliphatic rings. The van der Waals surface area contributed by atoms with Gasteiger partial charge in [0.15, 0.2) is 29.6 Å². The number of nitrogens with zero attached hydrogens (tertiary/aromatic N) is 3. The van der Waals surface area contributed by atoms with Gasteiger partial charge in [-0.1, -0.05) is 54.6 Å². The van der Waals surface area contributed by atoms with Crippen LogP contribution in [-0.2, 0) is 28.7 Å². The highest BCUT2D eigenvalue weighted by atomic mass is 31.1. The van der Waals surface area contributed by atoms with Gasteiger partial charge in [0.05, 0.1) is 27.2 Å². The second-order valence-corrected chi connectivity index (χ2v) is 11.4. The topological polar surface area (TPSA) is 162 Å². The lowest BCUT2D eigenvalue weighted by Gasteiger charge is -2.37. The summed E-state index contributed by atoms with van der Waals surface area (Å²) in [6, 6.07) is 25.1. The number of nitrogens with one attached hydrogen (secondary N) is 1. The summed E-state index contributed by atoms with van der Waals surface area (Å²) in [5.41, 5.74) is 7.01. The van der Waals surface area contributed by atoms with E-state index in [-0.39, 0.29) is 23.7 Å². The number of ether oxygens (including phenoxy) is 4. The first-order chi connectivity index (χ1) is 21.9. The maximum atomic E-state index is 12.5. The van der Waals surface area contributed by atoms with Gasteiger partial charge in [0, 0.05) is 4.57 Å². The van der Waals surface area contributed by atoms with Crippen LogP contribution in [0.25, 0.3) is 11.2 Å². The third-order valence-electron chi connectivity index (χ3n) is 8.06. The third kappa shape index (κ3) is 5.04. The Kier molecular flexibility index (Phi) is 7.56. The van der Waals surface area contributed by atoms with Crippen LogP contribution in [0, 0.1) is 0 Å². The largest absolute Gasteiger partial charge is 0.698 e. The Bertz CT molecular complexity index is 1850. The molecule has 0 radical (unpaired) electrons. The number of imidazole rings is 1. The van der Waals surface area contributed by atoms with Crippen LogP contribution >= 0.6 is 8.25 Å². The normalized spacial score (nSPS) is 22.0. The van der Waals surface area contributed by atoms with Gasteiger partial charge in [-0.3, -0.25) is 14.3 Å². The summed E-state index contributed by atoms with van der Waals surface area (Å²) < 4.78 is 49.8. The van der Waals surface area contributed by atoms with Gasteiger partial charge in [-0.05, 0) is 41.0 Å². The van der Waals surface area contributed by atoms with Crippen molar-refractivity contribution in [2.45, 2.75) is 30.1 Å². The van der Waals surface area contributed by atoms with E-state index in [1.165, 1.54) is 10.9 Å². The molecule has 45 heavy (non-hydrogen) atoms. The minimum Gasteiger partial charge on any atom is -0.497 e. The molecule has 2 aromatic heterocycles. The molecule has 0 saturated carbocycles. The quantitative estimate of drug-likeness (QED) is 0.178. The van der Waals surface area contributed by atoms with Crippen molar-refractivity contribution in [2.75, 3.05) is 26.6 Å². The maximum absolute atomic E-state index is 12.5. The molecular weight excluding hydrogens is 601 g/mol. The molecule has 2 fully saturated rings. The molecule has 0 bridgehead atoms. The highest BCUT2D eigenvalue weighted by molar-refractivity contribution is 7.33. The van der Waals surface area contributed by atoms with Crippen molar-refractivity contribution >= 4 is 25.4 Å². The van der Waals surface area contributed by atoms with E-state index in [0.717, 1.165) is 16.7 Å². The molecule has 5 aromatic rings. The van der Waals surface area contributed by atoms with E-state index in [9.17, 15) is 9.36 Å². The molecule has 7 rings (SSSR count). The Morgan fingerprint density at radius 2 is 1.51 bits per heavy atom. The Morgan fingerprint density at radius 3 is 2.13 bits per heavy atom. The molecule has 230 valence electrons. The molecule has 5 atom stereocenters. The smallest absolute Gasteiger partial charge is 0.497 e. The summed E-state index contributed by atoms with van der Waals surface area (Å²) in [4.78, 5) is 23.3. The minimum atomic E-state index is -2.42. The van der Waals surface area contributed by atoms with Crippen molar-refractivity contribution in [1.82, 2.24) is 19.5 Å². The number of rotatable bonds is 9. The van der Waals surface area contributed by atoms with Crippen molar-refractivity contribution < 1.29 is 32.6 Å². The summed E-state index contributed by atoms with van der Waals surface area (Å²) in [6.45, 7) is -0.0000663. The average Bonchev–Trinajstić information content (AvgIpc) is 3.76. The molecule has 0 spiro atoms. The molecule has 14 heteroatoms. The molecular formula is C31H29N5O8P+. The van der Waals surface area contributed by atoms with Crippen LogP contribution in [0.1, 0.15) is 22.9 Å². The fraction of sp³-hybridized carbons (Fsp3) is 0.258. The number of hydrogen-bond donors (Lipinski definition) is 2. The summed E-state index contributed by atoms with van der Waals surface area (Å²) in [7, 11) is 0.801. The van der Waals surface area contributed by atoms with E-state index < -0.39 is 44.0 Å². The van der Waals surface area contributed by atoms with Crippen molar-refractivity contribution in [1.29, 1.82) is 0 Å². The van der Waals surface area contributed by atoms with Gasteiger partial charge in [-0.25, -0.2) is 4.98 Å². The number of methoxy groups -OCH3 is 2. The van der Waals surface area contributed by atoms with E-state index in [0.29, 0.717) is 11.5 Å². The number of anilines is 1. The molecule has 2 saturated heterocycles. The number of fused-ring (bicyclic) bond motifs is 2. The zero-order valence-electron chi connectivity index (χ0n) is 24.2. The van der Waals surface area contributed by atoms with Crippen molar-refractivity contribution in [3.8, 4) is 11.5 Å². The van der Waals surface area contributed by atoms with Gasteiger partial charge < -0.3 is 24.7 Å². The summed E-state index contributed by atoms with van der Waals surface area (Å²) in [5.74, 6) is 1.31. The first kappa shape index (κ1) is 29.1. The molecule has 0 amide bonds. The van der Waals surface area contributed by atoms with Crippen molar-refractivity contribution in [2.24, 2.45) is 0 Å². The van der Waals surface area contributed by atoms with E-state index in [1.807, 2.05) is 78.9 Å². The number of aromatic nitrogens is 4. The number of nitrogens with two attached hydrogens (primary N) is 1. The van der Waals surface area contributed by atoms with Crippen LogP contribution in [0.4, 0.5) is 5.95 Å². The number of benzene rings is 3. The van der Waals surface area contributed by atoms with Gasteiger partial charge in [0.25, 0.3) is 5.56 Å². The molecule has 0 aliphatic carbocycles. The van der Waals surface area contributed by atoms with Crippen molar-refractivity contribution in [3.05, 3.63) is 112 Å². The summed E-state index contributed by atoms with van der Waals surface area (Å²) >= 11 is 0. The zero-order chi connectivity index (χ0) is 31.1. The van der Waals surface area contributed by atoms with Crippen LogP contribution in [0.2, 0.25) is 0 Å². The van der Waals surface area contributed by atoms with Crippen LogP contribution in [0.15, 0.2) is 90.0 Å². The van der Waals surface area contributed by atoms with Crippen LogP contribution in [0.5, 0.6) is 11.5 Å². The lowest BCUT2D eigenvalue weighted by atomic mass is 9.80. The van der Waals surface area contributed by atoms with Gasteiger partial charge in [-0.15, -0.1) is 9.05 Å². The van der Waals surface area contributed by atoms with Crippen LogP contribution in [0.3, 0.4) is 0 Å². The van der Waals surface area contributed by atoms with Crippen LogP contribution < -0.4 is 20.8 Å². The third-order valence-corrected chi connectivity index (χ3v) is 8.89. The van der Waals surface area contributed by atoms with Gasteiger partial charge in [0.1, 0.15) is 23.2 Å². The summed E-state index contributed by atoms with van der Waals surface area (Å²) in [6.07, 6.45) is -1.75. The molecule has 3 N–H and O–H groups in total. The first-order valence-corrected chi connectivity index (χ1v) is 15.2. The highest BCUT2D eigenvalue weighted by Gasteiger charge is 2.61. The van der Waals surface area contributed by atoms with E-state index in [1.54, 1.807) is 14.2 Å². The summed E-state index contributed by atoms with van der Waals surface area (Å²) in [5, 5.41) is 0. The molecule has 13 nitrogen and oxygen atoms in total. The Hall–Kier alpha value is -4.65. The highest BCUT2D eigenvalue weighted by Crippen LogP contribution is 2.50. The molecule has 4 heterocycles. The maximum Gasteiger partial charge on any atom is 0.698 e. The Morgan fingerprint density at radius 1 is 0.911 bits per heavy atom. The zero-order valence-corrected chi connectivity index (χ0v) is 25.1. The predicted molar refractivity (Wildman–Crippen MR) is 162 cm³/mol. The SMILES string of the molecule is COc1ccc(C(OC[C@H]2O[C@@H](n3cnc4c(=O)[nH]c(N)nc43)[C@@H]3O[P+](=O)O[C@@H]32)(c2ccccc2)c2ccc(OC)cc2)cc1. The lowest BCUT2D eigenvalue weighted by Crippen LogP contribution is -2.39. The first-order valence-electron chi connectivity index (χ1n) is 14.1. The van der Waals surface area contributed by atoms with E-state index in [4.69, 9.17) is 33.7 Å². The van der Waals surface area contributed by atoms with Gasteiger partial charge in [0.2, 0.25) is 5.95 Å². The number of nitrogen functional groups attached to an aromatic ring is 1. The fourth-order valence-corrected chi connectivity index (χ4v) is 6.87. The minimum absolute atomic E-state index is 0.0000663. The van der Waals surface area contributed by atoms with Crippen molar-refractivity contribution in [3.63, 3.8) is 0 Å². The van der Waals surface area contributed by atoms with Gasteiger partial charge in [-0.2, -0.15) is 4.98 Å². The predicted octanol–water partition coefficient (Wildman–Crippen LogP) is 4.07. The second-order valence-electron chi connectivity index (χ2n) is 10.5. The lowest BCUT2D eigenvalue weighted by molar-refractivity contribution is -0.0953. The monoisotopic (exact) mass is 630 g/mol. The average molecular weight is 631 g/mol. The standard InChI is InChI=1S/C31H28N5O8P/c1-39-21-12-8-19(9-13-21)31(18-6-4-3-5-7-18,20-10-14-22(40-2)15-11-20)41-16-23-25-26(44-45(38)43-25)29(42-23)36-17-33-24-27(36)34-30(32)35-28(24)37/h3-15,17,23,25-26,29H,16H2,1-2H3,(H2-,32,34,35,37)/p+1/t23-,25-,26-,29-/m1/s1. The fourth-order valence-electron chi connectivity index (χ4n) is 5.94. The number of hydrogen-bond acceptors (Lipinski definition) is 11. The molecule has 2 aliphatic heterocycles. The van der Waals surface area contributed by atoms with Gasteiger partial charge >= 0.3 is 8.25 Å². The Labute approximate surface area is 257 Å². The van der Waals surface area contributed by atoms with E-state index in [2.05, 4.69) is 15.0 Å². The number of H-pyrrole nitrogens is 1. The van der Waals surface area contributed by atoms with Crippen LogP contribution in [-0.4, -0.2) is 58.7 Å². The molecule has 1 unspecified atom stereocenters. The second kappa shape index (κ2) is 11.7. The number of aromatic amines is 1. The Balaban J connectivity index is 1.30. The molecule has 3 aromatic carbocycles.